The van der Waals surface area contributed by atoms with E-state index in [1.54, 1.807) is 0 Å². The van der Waals surface area contributed by atoms with E-state index in [0.29, 0.717) is 11.5 Å². The van der Waals surface area contributed by atoms with Crippen molar-refractivity contribution in [1.29, 1.82) is 0 Å². The SMILES string of the molecule is CC1CC(OC(C)(C)C)CC(C)(C)C1. The molecule has 0 heterocycles. The van der Waals surface area contributed by atoms with Crippen molar-refractivity contribution in [1.82, 2.24) is 0 Å². The summed E-state index contributed by atoms with van der Waals surface area (Å²) in [7, 11) is 0. The van der Waals surface area contributed by atoms with Gasteiger partial charge in [0.05, 0.1) is 11.7 Å². The number of rotatable bonds is 1. The van der Waals surface area contributed by atoms with Crippen molar-refractivity contribution in [3.63, 3.8) is 0 Å². The van der Waals surface area contributed by atoms with Gasteiger partial charge in [-0.05, 0) is 51.4 Å². The van der Waals surface area contributed by atoms with Gasteiger partial charge in [0, 0.05) is 0 Å². The molecule has 0 aromatic rings. The molecule has 0 spiro atoms. The highest BCUT2D eigenvalue weighted by Crippen LogP contribution is 2.40. The molecule has 0 bridgehead atoms. The van der Waals surface area contributed by atoms with E-state index in [-0.39, 0.29) is 5.60 Å². The highest BCUT2D eigenvalue weighted by molar-refractivity contribution is 4.84. The van der Waals surface area contributed by atoms with Gasteiger partial charge in [-0.15, -0.1) is 0 Å². The van der Waals surface area contributed by atoms with E-state index >= 15 is 0 Å². The van der Waals surface area contributed by atoms with Gasteiger partial charge in [-0.3, -0.25) is 0 Å². The maximum atomic E-state index is 6.08. The molecule has 1 fully saturated rings. The number of hydrogen-bond donors (Lipinski definition) is 0. The molecule has 0 amide bonds. The van der Waals surface area contributed by atoms with E-state index in [0.717, 1.165) is 5.92 Å². The minimum atomic E-state index is 0.0117. The first-order chi connectivity index (χ1) is 6.18. The average Bonchev–Trinajstić information content (AvgIpc) is 1.74. The van der Waals surface area contributed by atoms with Crippen molar-refractivity contribution >= 4 is 0 Å². The van der Waals surface area contributed by atoms with E-state index < -0.39 is 0 Å². The molecular formula is C13H26O. The van der Waals surface area contributed by atoms with Gasteiger partial charge in [0.25, 0.3) is 0 Å². The Kier molecular flexibility index (Phi) is 3.30. The molecule has 0 N–H and O–H groups in total. The Hall–Kier alpha value is -0.0400. The first-order valence-electron chi connectivity index (χ1n) is 5.86. The van der Waals surface area contributed by atoms with Gasteiger partial charge in [0.1, 0.15) is 0 Å². The summed E-state index contributed by atoms with van der Waals surface area (Å²) in [5, 5.41) is 0. The van der Waals surface area contributed by atoms with Crippen molar-refractivity contribution in [2.45, 2.75) is 72.5 Å². The maximum Gasteiger partial charge on any atom is 0.0602 e. The highest BCUT2D eigenvalue weighted by atomic mass is 16.5. The summed E-state index contributed by atoms with van der Waals surface area (Å²) in [6.07, 6.45) is 4.26. The van der Waals surface area contributed by atoms with Crippen molar-refractivity contribution in [3.05, 3.63) is 0 Å². The van der Waals surface area contributed by atoms with Gasteiger partial charge in [0.2, 0.25) is 0 Å². The lowest BCUT2D eigenvalue weighted by Gasteiger charge is -2.41. The molecule has 1 aliphatic carbocycles. The first-order valence-corrected chi connectivity index (χ1v) is 5.86. The monoisotopic (exact) mass is 198 g/mol. The molecule has 14 heavy (non-hydrogen) atoms. The predicted molar refractivity (Wildman–Crippen MR) is 61.4 cm³/mol. The van der Waals surface area contributed by atoms with Crippen LogP contribution in [0.3, 0.4) is 0 Å². The highest BCUT2D eigenvalue weighted by Gasteiger charge is 2.34. The van der Waals surface area contributed by atoms with Crippen LogP contribution in [0.25, 0.3) is 0 Å². The van der Waals surface area contributed by atoms with Crippen LogP contribution in [0, 0.1) is 11.3 Å². The topological polar surface area (TPSA) is 9.23 Å². The Morgan fingerprint density at radius 3 is 2.14 bits per heavy atom. The molecule has 1 heteroatoms. The zero-order valence-corrected chi connectivity index (χ0v) is 10.7. The Labute approximate surface area is 89.2 Å². The number of hydrogen-bond acceptors (Lipinski definition) is 1. The second-order valence-electron chi connectivity index (χ2n) is 6.77. The molecule has 1 aliphatic rings. The summed E-state index contributed by atoms with van der Waals surface area (Å²) in [6, 6.07) is 0. The third-order valence-corrected chi connectivity index (χ3v) is 2.87. The van der Waals surface area contributed by atoms with Crippen LogP contribution in [0.1, 0.15) is 60.8 Å². The fourth-order valence-electron chi connectivity index (χ4n) is 2.85. The lowest BCUT2D eigenvalue weighted by molar-refractivity contribution is -0.100. The summed E-state index contributed by atoms with van der Waals surface area (Å²) >= 11 is 0. The molecule has 1 nitrogen and oxygen atoms in total. The Bertz CT molecular complexity index is 186. The molecule has 0 radical (unpaired) electrons. The van der Waals surface area contributed by atoms with Crippen molar-refractivity contribution in [3.8, 4) is 0 Å². The smallest absolute Gasteiger partial charge is 0.0602 e. The molecule has 2 atom stereocenters. The van der Waals surface area contributed by atoms with E-state index in [4.69, 9.17) is 4.74 Å². The number of ether oxygens (including phenoxy) is 1. The summed E-state index contributed by atoms with van der Waals surface area (Å²) in [5.74, 6) is 0.811. The Balaban J connectivity index is 2.54. The lowest BCUT2D eigenvalue weighted by Crippen LogP contribution is -2.37. The minimum Gasteiger partial charge on any atom is -0.373 e. The third kappa shape index (κ3) is 4.00. The third-order valence-electron chi connectivity index (χ3n) is 2.87. The standard InChI is InChI=1S/C13H26O/c1-10-7-11(14-12(2,3)4)9-13(5,6)8-10/h10-11H,7-9H2,1-6H3. The quantitative estimate of drug-likeness (QED) is 0.618. The van der Waals surface area contributed by atoms with Crippen molar-refractivity contribution in [2.75, 3.05) is 0 Å². The fourth-order valence-corrected chi connectivity index (χ4v) is 2.85. The Morgan fingerprint density at radius 1 is 1.14 bits per heavy atom. The molecule has 0 aliphatic heterocycles. The van der Waals surface area contributed by atoms with Crippen LogP contribution in [0.4, 0.5) is 0 Å². The van der Waals surface area contributed by atoms with Crippen LogP contribution in [0.15, 0.2) is 0 Å². The van der Waals surface area contributed by atoms with Gasteiger partial charge >= 0.3 is 0 Å². The molecule has 84 valence electrons. The van der Waals surface area contributed by atoms with Crippen LogP contribution in [0.5, 0.6) is 0 Å². The van der Waals surface area contributed by atoms with Gasteiger partial charge < -0.3 is 4.74 Å². The summed E-state index contributed by atoms with van der Waals surface area (Å²) < 4.78 is 6.08. The Morgan fingerprint density at radius 2 is 1.71 bits per heavy atom. The van der Waals surface area contributed by atoms with Crippen LogP contribution in [-0.2, 0) is 4.74 Å². The van der Waals surface area contributed by atoms with Crippen LogP contribution in [0.2, 0.25) is 0 Å². The summed E-state index contributed by atoms with van der Waals surface area (Å²) in [6.45, 7) is 13.5. The van der Waals surface area contributed by atoms with E-state index in [9.17, 15) is 0 Å². The summed E-state index contributed by atoms with van der Waals surface area (Å²) in [4.78, 5) is 0. The molecule has 0 saturated heterocycles. The maximum absolute atomic E-state index is 6.08. The zero-order valence-electron chi connectivity index (χ0n) is 10.7. The predicted octanol–water partition coefficient (Wildman–Crippen LogP) is 4.02. The zero-order chi connectivity index (χ0) is 11.0. The molecule has 0 aromatic heterocycles. The van der Waals surface area contributed by atoms with Crippen LogP contribution < -0.4 is 0 Å². The van der Waals surface area contributed by atoms with Crippen molar-refractivity contribution < 1.29 is 4.74 Å². The van der Waals surface area contributed by atoms with Gasteiger partial charge in [-0.1, -0.05) is 20.8 Å². The largest absolute Gasteiger partial charge is 0.373 e. The average molecular weight is 198 g/mol. The van der Waals surface area contributed by atoms with Crippen LogP contribution in [-0.4, -0.2) is 11.7 Å². The second-order valence-corrected chi connectivity index (χ2v) is 6.77. The van der Waals surface area contributed by atoms with Crippen molar-refractivity contribution in [2.24, 2.45) is 11.3 Å². The van der Waals surface area contributed by atoms with E-state index in [1.807, 2.05) is 0 Å². The van der Waals surface area contributed by atoms with Gasteiger partial charge in [-0.25, -0.2) is 0 Å². The molecular weight excluding hydrogens is 172 g/mol. The van der Waals surface area contributed by atoms with E-state index in [1.165, 1.54) is 19.3 Å². The molecule has 1 rings (SSSR count). The second kappa shape index (κ2) is 3.84. The fraction of sp³-hybridized carbons (Fsp3) is 1.00. The van der Waals surface area contributed by atoms with E-state index in [2.05, 4.69) is 41.5 Å². The van der Waals surface area contributed by atoms with Gasteiger partial charge in [-0.2, -0.15) is 0 Å². The minimum absolute atomic E-state index is 0.0117. The summed E-state index contributed by atoms with van der Waals surface area (Å²) in [5.41, 5.74) is 0.478. The first kappa shape index (κ1) is 12.0. The molecule has 2 unspecified atom stereocenters. The van der Waals surface area contributed by atoms with Crippen LogP contribution >= 0.6 is 0 Å². The normalized spacial score (nSPS) is 33.0. The molecule has 1 saturated carbocycles. The molecule has 0 aromatic carbocycles. The lowest BCUT2D eigenvalue weighted by atomic mass is 9.71. The van der Waals surface area contributed by atoms with Gasteiger partial charge in [0.15, 0.2) is 0 Å².